The molecule has 0 spiro atoms. The highest BCUT2D eigenvalue weighted by molar-refractivity contribution is 7.89. The van der Waals surface area contributed by atoms with Gasteiger partial charge in [-0.15, -0.1) is 0 Å². The zero-order valence-electron chi connectivity index (χ0n) is 16.2. The van der Waals surface area contributed by atoms with Crippen LogP contribution in [0.3, 0.4) is 0 Å². The second-order valence-corrected chi connectivity index (χ2v) is 9.32. The van der Waals surface area contributed by atoms with Crippen molar-refractivity contribution in [2.24, 2.45) is 0 Å². The summed E-state index contributed by atoms with van der Waals surface area (Å²) >= 11 is 5.79. The maximum atomic E-state index is 13.8. The summed E-state index contributed by atoms with van der Waals surface area (Å²) in [6.07, 6.45) is -2.59. The van der Waals surface area contributed by atoms with E-state index in [4.69, 9.17) is 11.6 Å². The molecule has 4 rings (SSSR count). The van der Waals surface area contributed by atoms with E-state index in [0.29, 0.717) is 9.70 Å². The summed E-state index contributed by atoms with van der Waals surface area (Å²) in [5, 5.41) is 6.38. The number of alkyl halides is 3. The zero-order chi connectivity index (χ0) is 23.1. The Labute approximate surface area is 186 Å². The number of amides is 1. The molecule has 0 unspecified atom stereocenters. The highest BCUT2D eigenvalue weighted by atomic mass is 35.5. The van der Waals surface area contributed by atoms with Crippen LogP contribution in [0.4, 0.5) is 18.9 Å². The Balaban J connectivity index is 1.64. The zero-order valence-corrected chi connectivity index (χ0v) is 17.8. The highest BCUT2D eigenvalue weighted by Gasteiger charge is 2.40. The number of hydrogen-bond donors (Lipinski definition) is 2. The maximum Gasteiger partial charge on any atom is 0.434 e. The van der Waals surface area contributed by atoms with Crippen LogP contribution < -0.4 is 10.0 Å². The van der Waals surface area contributed by atoms with Crippen LogP contribution in [0.25, 0.3) is 5.69 Å². The molecule has 1 aromatic heterocycles. The Morgan fingerprint density at radius 2 is 1.81 bits per heavy atom. The number of aromatic nitrogens is 2. The number of halogens is 4. The summed E-state index contributed by atoms with van der Waals surface area (Å²) in [6, 6.07) is 10.6. The van der Waals surface area contributed by atoms with Crippen LogP contribution in [-0.4, -0.2) is 30.1 Å². The molecule has 1 saturated carbocycles. The minimum atomic E-state index is -4.89. The first kappa shape index (κ1) is 22.3. The molecule has 0 radical (unpaired) electrons. The predicted molar refractivity (Wildman–Crippen MR) is 111 cm³/mol. The lowest BCUT2D eigenvalue weighted by Crippen LogP contribution is -2.26. The van der Waals surface area contributed by atoms with Crippen molar-refractivity contribution in [3.8, 4) is 5.69 Å². The van der Waals surface area contributed by atoms with Crippen molar-refractivity contribution in [1.29, 1.82) is 0 Å². The number of benzene rings is 2. The third kappa shape index (κ3) is 4.79. The average Bonchev–Trinajstić information content (AvgIpc) is 3.39. The number of nitrogens with one attached hydrogen (secondary N) is 2. The Bertz CT molecular complexity index is 1270. The Hall–Kier alpha value is -2.89. The molecule has 1 fully saturated rings. The number of anilines is 1. The molecule has 1 amide bonds. The molecule has 1 aliphatic rings. The van der Waals surface area contributed by atoms with Gasteiger partial charge >= 0.3 is 6.18 Å². The number of carbonyl (C=O) groups excluding carboxylic acids is 1. The van der Waals surface area contributed by atoms with Gasteiger partial charge in [-0.1, -0.05) is 17.7 Å². The van der Waals surface area contributed by atoms with Crippen molar-refractivity contribution in [1.82, 2.24) is 14.5 Å². The summed E-state index contributed by atoms with van der Waals surface area (Å²) in [4.78, 5) is 12.6. The van der Waals surface area contributed by atoms with Crippen LogP contribution in [0, 0.1) is 0 Å². The predicted octanol–water partition coefficient (Wildman–Crippen LogP) is 4.24. The van der Waals surface area contributed by atoms with Crippen molar-refractivity contribution in [3.63, 3.8) is 0 Å². The lowest BCUT2D eigenvalue weighted by atomic mass is 10.2. The fourth-order valence-corrected chi connectivity index (χ4v) is 4.47. The van der Waals surface area contributed by atoms with E-state index < -0.39 is 33.4 Å². The largest absolute Gasteiger partial charge is 0.434 e. The van der Waals surface area contributed by atoms with E-state index in [1.807, 2.05) is 0 Å². The van der Waals surface area contributed by atoms with Crippen LogP contribution >= 0.6 is 11.6 Å². The lowest BCUT2D eigenvalue weighted by Gasteiger charge is -2.13. The van der Waals surface area contributed by atoms with Crippen molar-refractivity contribution < 1.29 is 26.4 Å². The monoisotopic (exact) mass is 484 g/mol. The number of rotatable bonds is 6. The minimum Gasteiger partial charge on any atom is -0.322 e. The molecule has 32 heavy (non-hydrogen) atoms. The van der Waals surface area contributed by atoms with E-state index in [1.165, 1.54) is 48.5 Å². The number of hydrogen-bond acceptors (Lipinski definition) is 4. The van der Waals surface area contributed by atoms with Crippen molar-refractivity contribution in [3.05, 3.63) is 71.0 Å². The fourth-order valence-electron chi connectivity index (χ4n) is 2.99. The molecule has 1 heterocycles. The summed E-state index contributed by atoms with van der Waals surface area (Å²) in [5.41, 5.74) is -1.88. The summed E-state index contributed by atoms with van der Waals surface area (Å²) < 4.78 is 69.2. The number of sulfonamides is 1. The second kappa shape index (κ2) is 8.23. The number of nitrogens with zero attached hydrogens (tertiary/aromatic N) is 2. The summed E-state index contributed by atoms with van der Waals surface area (Å²) in [7, 11) is -3.80. The van der Waals surface area contributed by atoms with Gasteiger partial charge in [-0.3, -0.25) is 4.79 Å². The molecule has 2 aromatic carbocycles. The van der Waals surface area contributed by atoms with Gasteiger partial charge in [0, 0.05) is 16.8 Å². The molecule has 0 saturated heterocycles. The third-order valence-electron chi connectivity index (χ3n) is 4.65. The molecule has 1 aliphatic carbocycles. The Morgan fingerprint density at radius 3 is 2.44 bits per heavy atom. The molecule has 7 nitrogen and oxygen atoms in total. The fraction of sp³-hybridized carbons (Fsp3) is 0.200. The highest BCUT2D eigenvalue weighted by Crippen LogP contribution is 2.34. The van der Waals surface area contributed by atoms with Crippen molar-refractivity contribution in [2.45, 2.75) is 30.0 Å². The average molecular weight is 485 g/mol. The first-order valence-electron chi connectivity index (χ1n) is 9.39. The van der Waals surface area contributed by atoms with E-state index in [0.717, 1.165) is 19.0 Å². The van der Waals surface area contributed by atoms with Gasteiger partial charge in [0.15, 0.2) is 5.69 Å². The van der Waals surface area contributed by atoms with Gasteiger partial charge in [-0.2, -0.15) is 18.3 Å². The number of carbonyl (C=O) groups is 1. The molecule has 12 heteroatoms. The van der Waals surface area contributed by atoms with Crippen molar-refractivity contribution in [2.75, 3.05) is 5.32 Å². The van der Waals surface area contributed by atoms with E-state index in [1.54, 1.807) is 0 Å². The van der Waals surface area contributed by atoms with Gasteiger partial charge in [0.25, 0.3) is 5.91 Å². The maximum absolute atomic E-state index is 13.8. The Morgan fingerprint density at radius 1 is 1.12 bits per heavy atom. The third-order valence-corrected chi connectivity index (χ3v) is 6.43. The van der Waals surface area contributed by atoms with Gasteiger partial charge in [0.1, 0.15) is 0 Å². The van der Waals surface area contributed by atoms with Crippen LogP contribution in [0.2, 0.25) is 5.02 Å². The Kier molecular flexibility index (Phi) is 5.74. The molecule has 0 aliphatic heterocycles. The van der Waals surface area contributed by atoms with Gasteiger partial charge in [0.05, 0.1) is 22.3 Å². The quantitative estimate of drug-likeness (QED) is 0.547. The van der Waals surface area contributed by atoms with Crippen LogP contribution in [0.5, 0.6) is 0 Å². The topological polar surface area (TPSA) is 93.1 Å². The van der Waals surface area contributed by atoms with E-state index >= 15 is 0 Å². The summed E-state index contributed by atoms with van der Waals surface area (Å²) in [6.45, 7) is 0. The molecule has 0 atom stereocenters. The second-order valence-electron chi connectivity index (χ2n) is 7.17. The molecule has 3 aromatic rings. The SMILES string of the molecule is O=C(Nc1cccc(S(=O)(=O)NC2CC2)c1)c1cnn(-c2ccc(Cl)cc2)c1C(F)(F)F. The minimum absolute atomic E-state index is 0.0287. The first-order chi connectivity index (χ1) is 15.0. The molecule has 2 N–H and O–H groups in total. The van der Waals surface area contributed by atoms with Crippen LogP contribution in [0.1, 0.15) is 28.9 Å². The van der Waals surface area contributed by atoms with Gasteiger partial charge in [-0.05, 0) is 55.3 Å². The van der Waals surface area contributed by atoms with Crippen LogP contribution in [0.15, 0.2) is 59.6 Å². The van der Waals surface area contributed by atoms with E-state index in [2.05, 4.69) is 15.1 Å². The smallest absolute Gasteiger partial charge is 0.322 e. The standard InChI is InChI=1S/C20H16ClF3N4O3S/c21-12-4-8-15(9-5-12)28-18(20(22,23)24)17(11-25-28)19(29)26-14-2-1-3-16(10-14)32(30,31)27-13-6-7-13/h1-5,8-11,13,27H,6-7H2,(H,26,29). The molecule has 0 bridgehead atoms. The molecule has 168 valence electrons. The van der Waals surface area contributed by atoms with Gasteiger partial charge < -0.3 is 5.32 Å². The molecular formula is C20H16ClF3N4O3S. The van der Waals surface area contributed by atoms with Crippen LogP contribution in [-0.2, 0) is 16.2 Å². The molecular weight excluding hydrogens is 469 g/mol. The van der Waals surface area contributed by atoms with Crippen molar-refractivity contribution >= 4 is 33.2 Å². The van der Waals surface area contributed by atoms with E-state index in [9.17, 15) is 26.4 Å². The lowest BCUT2D eigenvalue weighted by molar-refractivity contribution is -0.143. The van der Waals surface area contributed by atoms with Gasteiger partial charge in [0.2, 0.25) is 10.0 Å². The van der Waals surface area contributed by atoms with E-state index in [-0.39, 0.29) is 22.3 Å². The first-order valence-corrected chi connectivity index (χ1v) is 11.3. The summed E-state index contributed by atoms with van der Waals surface area (Å²) in [5.74, 6) is -1.08. The normalized spacial score (nSPS) is 14.4. The van der Waals surface area contributed by atoms with Gasteiger partial charge in [-0.25, -0.2) is 17.8 Å².